The van der Waals surface area contributed by atoms with Gasteiger partial charge in [-0.05, 0) is 0 Å². The summed E-state index contributed by atoms with van der Waals surface area (Å²) >= 11 is 0. The summed E-state index contributed by atoms with van der Waals surface area (Å²) in [6, 6.07) is 0. The summed E-state index contributed by atoms with van der Waals surface area (Å²) in [5.41, 5.74) is 0. The normalized spacial score (nSPS) is 27.9. The van der Waals surface area contributed by atoms with Gasteiger partial charge in [-0.25, -0.2) is 0 Å². The molecule has 6 atom stereocenters. The van der Waals surface area contributed by atoms with E-state index in [1.54, 1.807) is 0 Å². The average Bonchev–Trinajstić information content (AvgIpc) is 2.49. The van der Waals surface area contributed by atoms with Gasteiger partial charge in [-0.15, -0.1) is 4.89 Å². The molecule has 0 spiro atoms. The lowest BCUT2D eigenvalue weighted by molar-refractivity contribution is -0.288. The van der Waals surface area contributed by atoms with E-state index >= 15 is 0 Å². The summed E-state index contributed by atoms with van der Waals surface area (Å²) in [5.74, 6) is -3.14. The van der Waals surface area contributed by atoms with Gasteiger partial charge in [0.1, 0.15) is 12.7 Å². The molecule has 1 heterocycles. The van der Waals surface area contributed by atoms with Crippen molar-refractivity contribution in [1.29, 1.82) is 0 Å². The minimum Gasteiger partial charge on any atom is -0.463 e. The highest BCUT2D eigenvalue weighted by Crippen LogP contribution is 2.33. The molecule has 0 aliphatic carbocycles. The van der Waals surface area contributed by atoms with Crippen molar-refractivity contribution in [2.45, 2.75) is 58.4 Å². The Morgan fingerprint density at radius 1 is 0.852 bits per heavy atom. The van der Waals surface area contributed by atoms with Crippen LogP contribution in [0.3, 0.4) is 0 Å². The Morgan fingerprint density at radius 2 is 1.33 bits per heavy atom. The van der Waals surface area contributed by atoms with E-state index in [0.717, 1.165) is 27.7 Å². The van der Waals surface area contributed by atoms with Crippen molar-refractivity contribution in [2.75, 3.05) is 6.61 Å². The summed E-state index contributed by atoms with van der Waals surface area (Å²) < 4.78 is 41.2. The van der Waals surface area contributed by atoms with Crippen LogP contribution in [-0.4, -0.2) is 66.1 Å². The zero-order valence-corrected chi connectivity index (χ0v) is 15.9. The zero-order chi connectivity index (χ0) is 20.7. The van der Waals surface area contributed by atoms with Crippen LogP contribution < -0.4 is 0 Å². The summed E-state index contributed by atoms with van der Waals surface area (Å²) in [6.45, 7) is 3.82. The van der Waals surface area contributed by atoms with Gasteiger partial charge < -0.3 is 23.7 Å². The van der Waals surface area contributed by atoms with Gasteiger partial charge in [0.2, 0.25) is 0 Å². The van der Waals surface area contributed by atoms with Crippen molar-refractivity contribution in [1.82, 2.24) is 0 Å². The lowest BCUT2D eigenvalue weighted by Gasteiger charge is -2.42. The molecule has 1 fully saturated rings. The topological polar surface area (TPSA) is 161 Å². The predicted octanol–water partition coefficient (Wildman–Crippen LogP) is -0.264. The van der Waals surface area contributed by atoms with Gasteiger partial charge in [0.05, 0.1) is 0 Å². The molecular weight excluding hydrogens is 391 g/mol. The Balaban J connectivity index is 3.29. The van der Waals surface area contributed by atoms with Crippen molar-refractivity contribution in [2.24, 2.45) is 0 Å². The van der Waals surface area contributed by atoms with E-state index in [1.807, 2.05) is 0 Å². The highest BCUT2D eigenvalue weighted by Gasteiger charge is 2.55. The average molecular weight is 411 g/mol. The maximum atomic E-state index is 11.5. The summed E-state index contributed by atoms with van der Waals surface area (Å²) in [6.07, 6.45) is -7.25. The molecule has 27 heavy (non-hydrogen) atoms. The molecule has 0 aromatic rings. The lowest BCUT2D eigenvalue weighted by Crippen LogP contribution is -2.62. The van der Waals surface area contributed by atoms with E-state index in [1.165, 1.54) is 0 Å². The second kappa shape index (κ2) is 10.3. The molecule has 152 valence electrons. The second-order valence-electron chi connectivity index (χ2n) is 5.41. The minimum absolute atomic E-state index is 0.458. The van der Waals surface area contributed by atoms with Crippen LogP contribution in [0.25, 0.3) is 0 Å². The first kappa shape index (κ1) is 22.9. The van der Waals surface area contributed by atoms with Crippen LogP contribution in [0.5, 0.6) is 0 Å². The van der Waals surface area contributed by atoms with Crippen molar-refractivity contribution in [3.05, 3.63) is 0 Å². The van der Waals surface area contributed by atoms with Crippen molar-refractivity contribution in [3.8, 4) is 0 Å². The minimum atomic E-state index is -3.21. The summed E-state index contributed by atoms with van der Waals surface area (Å²) in [4.78, 5) is 54.5. The predicted molar refractivity (Wildman–Crippen MR) is 82.9 cm³/mol. The van der Waals surface area contributed by atoms with E-state index in [9.17, 15) is 23.7 Å². The van der Waals surface area contributed by atoms with Crippen molar-refractivity contribution < 1.29 is 56.8 Å². The third kappa shape index (κ3) is 7.55. The van der Waals surface area contributed by atoms with Gasteiger partial charge in [0.15, 0.2) is 18.3 Å². The molecule has 13 heteroatoms. The Morgan fingerprint density at radius 3 is 1.78 bits per heavy atom. The van der Waals surface area contributed by atoms with E-state index in [2.05, 4.69) is 0 Å². The first-order valence-electron chi connectivity index (χ1n) is 7.64. The van der Waals surface area contributed by atoms with Crippen LogP contribution in [0.2, 0.25) is 0 Å². The maximum absolute atomic E-state index is 11.5. The smallest absolute Gasteiger partial charge is 0.463 e. The van der Waals surface area contributed by atoms with Gasteiger partial charge in [0.25, 0.3) is 6.29 Å². The number of carbonyl (C=O) groups excluding carboxylic acids is 4. The number of rotatable bonds is 7. The van der Waals surface area contributed by atoms with Crippen molar-refractivity contribution in [3.63, 3.8) is 0 Å². The Hall–Kier alpha value is -2.14. The molecule has 0 aromatic carbocycles. The second-order valence-corrected chi connectivity index (χ2v) is 6.10. The first-order valence-corrected chi connectivity index (χ1v) is 8.77. The number of hydrogen-bond donors (Lipinski definition) is 1. The SMILES string of the molecule is CC(=O)OC[C@H]1O[C@H](O[P+](=O)O)[C@@H](OC(C)=O)[C@@H](OC(C)=O)[C@@H]1OC(C)=O. The standard InChI is InChI=1S/C14H19O12P/c1-6(15)21-5-10-11(22-7(2)16)12(23-8(3)17)13(24-9(4)18)14(25-10)26-27(19)20/h10-14H,5H2,1-4H3/p+1/t10-,11-,12+,13+,14-/m1/s1. The molecule has 0 aromatic heterocycles. The highest BCUT2D eigenvalue weighted by atomic mass is 31.1. The summed E-state index contributed by atoms with van der Waals surface area (Å²) in [7, 11) is -3.21. The van der Waals surface area contributed by atoms with Gasteiger partial charge in [-0.3, -0.25) is 19.2 Å². The molecule has 1 unspecified atom stereocenters. The lowest BCUT2D eigenvalue weighted by atomic mass is 9.98. The molecule has 1 N–H and O–H groups in total. The molecule has 0 radical (unpaired) electrons. The van der Waals surface area contributed by atoms with Gasteiger partial charge in [0, 0.05) is 32.3 Å². The van der Waals surface area contributed by atoms with Gasteiger partial charge in [-0.2, -0.15) is 0 Å². The number of carbonyl (C=O) groups is 4. The molecule has 12 nitrogen and oxygen atoms in total. The van der Waals surface area contributed by atoms with E-state index in [-0.39, 0.29) is 0 Å². The highest BCUT2D eigenvalue weighted by molar-refractivity contribution is 7.32. The third-order valence-electron chi connectivity index (χ3n) is 3.14. The molecule has 1 rings (SSSR count). The fourth-order valence-corrected chi connectivity index (χ4v) is 2.71. The molecule has 0 saturated carbocycles. The van der Waals surface area contributed by atoms with Gasteiger partial charge >= 0.3 is 32.1 Å². The monoisotopic (exact) mass is 411 g/mol. The Labute approximate surface area is 154 Å². The fourth-order valence-electron chi connectivity index (χ4n) is 2.36. The van der Waals surface area contributed by atoms with Crippen molar-refractivity contribution >= 4 is 32.1 Å². The number of ether oxygens (including phenoxy) is 5. The van der Waals surface area contributed by atoms with Gasteiger partial charge in [-0.1, -0.05) is 4.52 Å². The molecule has 0 amide bonds. The molecule has 1 aliphatic rings. The first-order chi connectivity index (χ1) is 12.5. The third-order valence-corrected chi connectivity index (χ3v) is 3.53. The largest absolute Gasteiger partial charge is 0.697 e. The molecule has 1 saturated heterocycles. The molecular formula is C14H20O12P+. The van der Waals surface area contributed by atoms with E-state index in [4.69, 9.17) is 33.1 Å². The van der Waals surface area contributed by atoms with Crippen LogP contribution in [-0.2, 0) is 52.0 Å². The Bertz CT molecular complexity index is 605. The Kier molecular flexibility index (Phi) is 8.70. The quantitative estimate of drug-likeness (QED) is 0.332. The fraction of sp³-hybridized carbons (Fsp3) is 0.714. The molecule has 1 aliphatic heterocycles. The number of hydrogen-bond acceptors (Lipinski definition) is 11. The molecule has 0 bridgehead atoms. The van der Waals surface area contributed by atoms with E-state index < -0.39 is 69.4 Å². The number of esters is 4. The van der Waals surface area contributed by atoms with Crippen LogP contribution in [0.4, 0.5) is 0 Å². The zero-order valence-electron chi connectivity index (χ0n) is 15.0. The van der Waals surface area contributed by atoms with Crippen LogP contribution in [0, 0.1) is 0 Å². The maximum Gasteiger partial charge on any atom is 0.697 e. The summed E-state index contributed by atoms with van der Waals surface area (Å²) in [5, 5.41) is 0. The van der Waals surface area contributed by atoms with E-state index in [0.29, 0.717) is 0 Å². The van der Waals surface area contributed by atoms with Crippen LogP contribution in [0.1, 0.15) is 27.7 Å². The van der Waals surface area contributed by atoms with Crippen LogP contribution in [0.15, 0.2) is 0 Å². The van der Waals surface area contributed by atoms with Crippen LogP contribution >= 0.6 is 8.25 Å².